The highest BCUT2D eigenvalue weighted by atomic mass is 19.4. The number of fused-ring (bicyclic) bond motifs is 3. The standard InChI is InChI=1S/C20H23F3N4O3/c1-10(2)19(28)26-7-11-4-5-12(8-26)15(11)13-9-25(3)18-16(13)17(20(21,22)23)14(6-24-18)27(29)30/h6,9-12,15H,4-5,7-8H2,1-3H3/t11-,12+,15?. The molecular formula is C20H23F3N4O3. The third-order valence-electron chi connectivity index (χ3n) is 6.47. The van der Waals surface area contributed by atoms with Crippen LogP contribution in [0, 0.1) is 27.9 Å². The number of aryl methyl sites for hydroxylation is 1. The van der Waals surface area contributed by atoms with E-state index in [0.717, 1.165) is 12.8 Å². The Hall–Kier alpha value is -2.65. The van der Waals surface area contributed by atoms with Gasteiger partial charge in [-0.15, -0.1) is 0 Å². The van der Waals surface area contributed by atoms with Crippen molar-refractivity contribution in [2.24, 2.45) is 24.8 Å². The maximum Gasteiger partial charge on any atom is 0.423 e. The smallest absolute Gasteiger partial charge is 0.342 e. The molecule has 10 heteroatoms. The van der Waals surface area contributed by atoms with Crippen molar-refractivity contribution in [1.29, 1.82) is 0 Å². The molecular weight excluding hydrogens is 401 g/mol. The van der Waals surface area contributed by atoms with E-state index in [9.17, 15) is 28.1 Å². The molecule has 2 aromatic rings. The second-order valence-electron chi connectivity index (χ2n) is 8.69. The highest BCUT2D eigenvalue weighted by Crippen LogP contribution is 2.52. The number of nitrogens with zero attached hydrogens (tertiary/aromatic N) is 4. The Labute approximate surface area is 171 Å². The number of alkyl halides is 3. The van der Waals surface area contributed by atoms with Crippen LogP contribution in [0.4, 0.5) is 18.9 Å². The first kappa shape index (κ1) is 20.6. The normalized spacial score (nSPS) is 24.1. The van der Waals surface area contributed by atoms with Crippen LogP contribution in [-0.2, 0) is 18.0 Å². The molecule has 1 unspecified atom stereocenters. The van der Waals surface area contributed by atoms with Crippen molar-refractivity contribution >= 4 is 22.6 Å². The number of carbonyl (C=O) groups is 1. The van der Waals surface area contributed by atoms with E-state index in [4.69, 9.17) is 0 Å². The molecule has 0 aromatic carbocycles. The van der Waals surface area contributed by atoms with Gasteiger partial charge >= 0.3 is 11.9 Å². The quantitative estimate of drug-likeness (QED) is 0.549. The molecule has 7 nitrogen and oxygen atoms in total. The predicted octanol–water partition coefficient (Wildman–Crippen LogP) is 4.11. The van der Waals surface area contributed by atoms with E-state index in [1.807, 2.05) is 18.7 Å². The van der Waals surface area contributed by atoms with Gasteiger partial charge in [0.1, 0.15) is 17.4 Å². The fourth-order valence-electron chi connectivity index (χ4n) is 5.32. The van der Waals surface area contributed by atoms with Crippen LogP contribution < -0.4 is 0 Å². The number of aromatic nitrogens is 2. The van der Waals surface area contributed by atoms with E-state index in [-0.39, 0.29) is 40.6 Å². The van der Waals surface area contributed by atoms with Crippen LogP contribution in [0.15, 0.2) is 12.4 Å². The second-order valence-corrected chi connectivity index (χ2v) is 8.69. The topological polar surface area (TPSA) is 81.3 Å². The van der Waals surface area contributed by atoms with Crippen molar-refractivity contribution in [2.45, 2.75) is 38.8 Å². The van der Waals surface area contributed by atoms with Crippen LogP contribution in [0.25, 0.3) is 11.0 Å². The van der Waals surface area contributed by atoms with Crippen LogP contribution in [0.2, 0.25) is 0 Å². The number of carbonyl (C=O) groups excluding carboxylic acids is 1. The molecule has 1 amide bonds. The summed E-state index contributed by atoms with van der Waals surface area (Å²) < 4.78 is 43.4. The average Bonchev–Trinajstić information content (AvgIpc) is 3.11. The molecule has 2 aromatic heterocycles. The summed E-state index contributed by atoms with van der Waals surface area (Å²) in [7, 11) is 1.60. The average molecular weight is 424 g/mol. The minimum Gasteiger partial charge on any atom is -0.342 e. The molecule has 2 bridgehead atoms. The lowest BCUT2D eigenvalue weighted by Crippen LogP contribution is -2.45. The summed E-state index contributed by atoms with van der Waals surface area (Å²) in [5.74, 6) is -0.219. The third kappa shape index (κ3) is 3.13. The van der Waals surface area contributed by atoms with Gasteiger partial charge in [-0.05, 0) is 36.2 Å². The monoisotopic (exact) mass is 424 g/mol. The summed E-state index contributed by atoms with van der Waals surface area (Å²) in [6.45, 7) is 4.67. The van der Waals surface area contributed by atoms with Gasteiger partial charge in [0.05, 0.1) is 4.92 Å². The lowest BCUT2D eigenvalue weighted by Gasteiger charge is -2.39. The molecule has 162 valence electrons. The number of likely N-dealkylation sites (tertiary alicyclic amines) is 1. The summed E-state index contributed by atoms with van der Waals surface area (Å²) in [4.78, 5) is 28.6. The number of halogens is 3. The van der Waals surface area contributed by atoms with Crippen molar-refractivity contribution in [2.75, 3.05) is 13.1 Å². The first-order valence-corrected chi connectivity index (χ1v) is 9.99. The Morgan fingerprint density at radius 2 is 1.87 bits per heavy atom. The van der Waals surface area contributed by atoms with Gasteiger partial charge in [-0.25, -0.2) is 4.98 Å². The van der Waals surface area contributed by atoms with Gasteiger partial charge in [0.25, 0.3) is 0 Å². The molecule has 2 fully saturated rings. The van der Waals surface area contributed by atoms with E-state index >= 15 is 0 Å². The Morgan fingerprint density at radius 1 is 1.27 bits per heavy atom. The van der Waals surface area contributed by atoms with E-state index in [1.54, 1.807) is 13.2 Å². The van der Waals surface area contributed by atoms with Gasteiger partial charge in [-0.1, -0.05) is 13.8 Å². The molecule has 0 N–H and O–H groups in total. The molecule has 3 atom stereocenters. The largest absolute Gasteiger partial charge is 0.423 e. The summed E-state index contributed by atoms with van der Waals surface area (Å²) in [5, 5.41) is 11.2. The molecule has 1 saturated carbocycles. The molecule has 0 radical (unpaired) electrons. The molecule has 3 heterocycles. The number of hydrogen-bond donors (Lipinski definition) is 0. The van der Waals surface area contributed by atoms with Crippen molar-refractivity contribution < 1.29 is 22.9 Å². The number of rotatable bonds is 3. The zero-order chi connectivity index (χ0) is 22.0. The molecule has 4 rings (SSSR count). The molecule has 2 aliphatic rings. The minimum absolute atomic E-state index is 0.0254. The number of piperidine rings is 1. The zero-order valence-electron chi connectivity index (χ0n) is 16.9. The number of hydrogen-bond acceptors (Lipinski definition) is 4. The van der Waals surface area contributed by atoms with Crippen molar-refractivity contribution in [3.8, 4) is 0 Å². The number of nitro groups is 1. The maximum absolute atomic E-state index is 14.0. The van der Waals surface area contributed by atoms with Crippen LogP contribution in [0.3, 0.4) is 0 Å². The summed E-state index contributed by atoms with van der Waals surface area (Å²) in [6, 6.07) is 0. The van der Waals surface area contributed by atoms with Crippen LogP contribution in [0.1, 0.15) is 43.7 Å². The van der Waals surface area contributed by atoms with E-state index in [2.05, 4.69) is 4.98 Å². The second kappa shape index (κ2) is 6.95. The van der Waals surface area contributed by atoms with Crippen molar-refractivity contribution in [3.63, 3.8) is 0 Å². The number of pyridine rings is 1. The van der Waals surface area contributed by atoms with Crippen LogP contribution >= 0.6 is 0 Å². The third-order valence-corrected chi connectivity index (χ3v) is 6.47. The van der Waals surface area contributed by atoms with Crippen molar-refractivity contribution in [1.82, 2.24) is 14.5 Å². The van der Waals surface area contributed by atoms with Gasteiger partial charge in [-0.2, -0.15) is 13.2 Å². The molecule has 1 aliphatic carbocycles. The molecule has 30 heavy (non-hydrogen) atoms. The predicted molar refractivity (Wildman–Crippen MR) is 103 cm³/mol. The zero-order valence-corrected chi connectivity index (χ0v) is 16.9. The minimum atomic E-state index is -4.88. The number of amides is 1. The lowest BCUT2D eigenvalue weighted by atomic mass is 9.79. The van der Waals surface area contributed by atoms with Gasteiger partial charge in [0, 0.05) is 37.6 Å². The first-order valence-electron chi connectivity index (χ1n) is 9.99. The fourth-order valence-corrected chi connectivity index (χ4v) is 5.32. The maximum atomic E-state index is 14.0. The van der Waals surface area contributed by atoms with Gasteiger partial charge in [0.15, 0.2) is 0 Å². The molecule has 1 saturated heterocycles. The molecule has 0 spiro atoms. The summed E-state index contributed by atoms with van der Waals surface area (Å²) in [6.07, 6.45) is -0.929. The van der Waals surface area contributed by atoms with Crippen molar-refractivity contribution in [3.05, 3.63) is 33.6 Å². The Kier molecular flexibility index (Phi) is 4.78. The highest BCUT2D eigenvalue weighted by molar-refractivity contribution is 5.88. The Bertz CT molecular complexity index is 1020. The summed E-state index contributed by atoms with van der Waals surface area (Å²) in [5.41, 5.74) is -1.71. The van der Waals surface area contributed by atoms with Gasteiger partial charge in [0.2, 0.25) is 5.91 Å². The highest BCUT2D eigenvalue weighted by Gasteiger charge is 2.48. The van der Waals surface area contributed by atoms with Gasteiger partial charge < -0.3 is 9.47 Å². The Balaban J connectivity index is 1.86. The Morgan fingerprint density at radius 3 is 2.37 bits per heavy atom. The van der Waals surface area contributed by atoms with E-state index in [1.165, 1.54) is 4.57 Å². The summed E-state index contributed by atoms with van der Waals surface area (Å²) >= 11 is 0. The van der Waals surface area contributed by atoms with E-state index < -0.39 is 22.4 Å². The van der Waals surface area contributed by atoms with Crippen LogP contribution in [-0.4, -0.2) is 38.4 Å². The lowest BCUT2D eigenvalue weighted by molar-refractivity contribution is -0.388. The van der Waals surface area contributed by atoms with Gasteiger partial charge in [-0.3, -0.25) is 14.9 Å². The fraction of sp³-hybridized carbons (Fsp3) is 0.600. The van der Waals surface area contributed by atoms with Crippen LogP contribution in [0.5, 0.6) is 0 Å². The van der Waals surface area contributed by atoms with E-state index in [0.29, 0.717) is 24.8 Å². The molecule has 1 aliphatic heterocycles. The first-order chi connectivity index (χ1) is 14.0. The SMILES string of the molecule is CC(C)C(=O)N1C[C@H]2CC[C@@H](C1)C2c1cn(C)c2ncc([N+](=O)[O-])c(C(F)(F)F)c12.